The Hall–Kier alpha value is -1.85. The molecule has 0 atom stereocenters. The molecule has 0 aliphatic heterocycles. The standard InChI is InChI=1S/C8H7F3.C4H6O3/c1-6-3-2-4-7(5-6)8(9,10)11;1-2-3(5)4(6)7/h2-5H,1H3;2H2,1H3,(H,6,7). The summed E-state index contributed by atoms with van der Waals surface area (Å²) in [4.78, 5) is 19.5. The van der Waals surface area contributed by atoms with E-state index in [0.29, 0.717) is 5.56 Å². The monoisotopic (exact) mass is 262 g/mol. The fraction of sp³-hybridized carbons (Fsp3) is 0.333. The second-order valence-electron chi connectivity index (χ2n) is 3.45. The molecule has 1 rings (SSSR count). The van der Waals surface area contributed by atoms with Gasteiger partial charge < -0.3 is 5.11 Å². The van der Waals surface area contributed by atoms with Crippen LogP contribution < -0.4 is 0 Å². The summed E-state index contributed by atoms with van der Waals surface area (Å²) in [6.07, 6.45) is -4.14. The third-order valence-corrected chi connectivity index (χ3v) is 1.91. The predicted molar refractivity (Wildman–Crippen MR) is 59.1 cm³/mol. The number of carboxylic acid groups (broad SMARTS) is 1. The molecule has 0 fully saturated rings. The number of hydrogen-bond donors (Lipinski definition) is 1. The lowest BCUT2D eigenvalue weighted by molar-refractivity contribution is -0.148. The highest BCUT2D eigenvalue weighted by Crippen LogP contribution is 2.29. The molecule has 6 heteroatoms. The van der Waals surface area contributed by atoms with Crippen LogP contribution in [0.5, 0.6) is 0 Å². The molecule has 0 aromatic heterocycles. The number of carbonyl (C=O) groups is 2. The van der Waals surface area contributed by atoms with E-state index in [1.807, 2.05) is 0 Å². The highest BCUT2D eigenvalue weighted by atomic mass is 19.4. The average molecular weight is 262 g/mol. The van der Waals surface area contributed by atoms with Gasteiger partial charge in [0.25, 0.3) is 0 Å². The molecule has 0 unspecified atom stereocenters. The minimum atomic E-state index is -4.22. The number of Topliss-reactive ketones (excluding diaryl/α,β-unsaturated/α-hetero) is 1. The lowest BCUT2D eigenvalue weighted by atomic mass is 10.1. The van der Waals surface area contributed by atoms with E-state index in [9.17, 15) is 22.8 Å². The molecule has 0 radical (unpaired) electrons. The smallest absolute Gasteiger partial charge is 0.416 e. The van der Waals surface area contributed by atoms with E-state index in [1.54, 1.807) is 13.0 Å². The Kier molecular flexibility index (Phi) is 6.08. The van der Waals surface area contributed by atoms with E-state index >= 15 is 0 Å². The highest BCUT2D eigenvalue weighted by molar-refractivity contribution is 6.32. The first kappa shape index (κ1) is 16.1. The number of carbonyl (C=O) groups excluding carboxylic acids is 1. The summed E-state index contributed by atoms with van der Waals surface area (Å²) in [5.41, 5.74) is 0.0392. The molecule has 0 saturated carbocycles. The van der Waals surface area contributed by atoms with Crippen molar-refractivity contribution in [2.75, 3.05) is 0 Å². The molecule has 1 N–H and O–H groups in total. The predicted octanol–water partition coefficient (Wildman–Crippen LogP) is 3.06. The number of hydrogen-bond acceptors (Lipinski definition) is 2. The van der Waals surface area contributed by atoms with E-state index in [2.05, 4.69) is 0 Å². The summed E-state index contributed by atoms with van der Waals surface area (Å²) in [7, 11) is 0. The van der Waals surface area contributed by atoms with Crippen LogP contribution in [0.3, 0.4) is 0 Å². The highest BCUT2D eigenvalue weighted by Gasteiger charge is 2.29. The van der Waals surface area contributed by atoms with Gasteiger partial charge in [0, 0.05) is 6.42 Å². The van der Waals surface area contributed by atoms with Gasteiger partial charge >= 0.3 is 12.1 Å². The fourth-order valence-electron chi connectivity index (χ4n) is 0.973. The summed E-state index contributed by atoms with van der Waals surface area (Å²) in [6, 6.07) is 5.22. The first-order chi connectivity index (χ1) is 8.18. The Morgan fingerprint density at radius 2 is 1.83 bits per heavy atom. The average Bonchev–Trinajstić information content (AvgIpc) is 2.27. The Morgan fingerprint density at radius 3 is 2.06 bits per heavy atom. The summed E-state index contributed by atoms with van der Waals surface area (Å²) >= 11 is 0. The fourth-order valence-corrected chi connectivity index (χ4v) is 0.973. The number of benzene rings is 1. The molecule has 0 aliphatic rings. The molecule has 18 heavy (non-hydrogen) atoms. The second-order valence-corrected chi connectivity index (χ2v) is 3.45. The third-order valence-electron chi connectivity index (χ3n) is 1.91. The Bertz CT molecular complexity index is 425. The molecule has 0 bridgehead atoms. The maximum Gasteiger partial charge on any atom is 0.416 e. The summed E-state index contributed by atoms with van der Waals surface area (Å²) in [5.74, 6) is -2.08. The normalized spacial score (nSPS) is 10.3. The Morgan fingerprint density at radius 1 is 1.28 bits per heavy atom. The van der Waals surface area contributed by atoms with Crippen LogP contribution in [0.1, 0.15) is 24.5 Å². The molecular weight excluding hydrogens is 249 g/mol. The van der Waals surface area contributed by atoms with Crippen molar-refractivity contribution in [2.45, 2.75) is 26.4 Å². The minimum Gasteiger partial charge on any atom is -0.476 e. The number of aliphatic carboxylic acids is 1. The van der Waals surface area contributed by atoms with Crippen molar-refractivity contribution in [3.63, 3.8) is 0 Å². The van der Waals surface area contributed by atoms with Crippen LogP contribution >= 0.6 is 0 Å². The van der Waals surface area contributed by atoms with Crippen molar-refractivity contribution in [3.8, 4) is 0 Å². The summed E-state index contributed by atoms with van der Waals surface area (Å²) in [6.45, 7) is 3.14. The van der Waals surface area contributed by atoms with Gasteiger partial charge in [0.2, 0.25) is 5.78 Å². The van der Waals surface area contributed by atoms with Gasteiger partial charge in [0.1, 0.15) is 0 Å². The zero-order chi connectivity index (χ0) is 14.3. The van der Waals surface area contributed by atoms with Crippen LogP contribution in [-0.2, 0) is 15.8 Å². The largest absolute Gasteiger partial charge is 0.476 e. The summed E-state index contributed by atoms with van der Waals surface area (Å²) < 4.78 is 35.9. The number of ketones is 1. The van der Waals surface area contributed by atoms with Gasteiger partial charge in [0.05, 0.1) is 5.56 Å². The number of halogens is 3. The van der Waals surface area contributed by atoms with Gasteiger partial charge in [-0.05, 0) is 13.0 Å². The van der Waals surface area contributed by atoms with Crippen molar-refractivity contribution in [1.29, 1.82) is 0 Å². The van der Waals surface area contributed by atoms with Gasteiger partial charge in [-0.2, -0.15) is 13.2 Å². The lowest BCUT2D eigenvalue weighted by Crippen LogP contribution is -2.09. The van der Waals surface area contributed by atoms with Gasteiger partial charge in [0.15, 0.2) is 0 Å². The lowest BCUT2D eigenvalue weighted by Gasteiger charge is -2.05. The molecule has 0 saturated heterocycles. The number of aryl methyl sites for hydroxylation is 1. The Balaban J connectivity index is 0.000000360. The topological polar surface area (TPSA) is 54.4 Å². The van der Waals surface area contributed by atoms with Crippen molar-refractivity contribution >= 4 is 11.8 Å². The maximum absolute atomic E-state index is 12.0. The van der Waals surface area contributed by atoms with Crippen LogP contribution in [0.25, 0.3) is 0 Å². The van der Waals surface area contributed by atoms with Crippen LogP contribution in [0, 0.1) is 6.92 Å². The molecule has 0 aliphatic carbocycles. The van der Waals surface area contributed by atoms with Gasteiger partial charge in [-0.3, -0.25) is 4.79 Å². The third kappa shape index (κ3) is 6.03. The van der Waals surface area contributed by atoms with Crippen LogP contribution in [-0.4, -0.2) is 16.9 Å². The van der Waals surface area contributed by atoms with Crippen molar-refractivity contribution < 1.29 is 27.9 Å². The number of carboxylic acids is 1. The zero-order valence-electron chi connectivity index (χ0n) is 9.91. The molecule has 100 valence electrons. The van der Waals surface area contributed by atoms with Crippen molar-refractivity contribution in [2.24, 2.45) is 0 Å². The van der Waals surface area contributed by atoms with Crippen molar-refractivity contribution in [3.05, 3.63) is 35.4 Å². The second kappa shape index (κ2) is 6.78. The summed E-state index contributed by atoms with van der Waals surface area (Å²) in [5, 5.41) is 7.83. The van der Waals surface area contributed by atoms with E-state index in [0.717, 1.165) is 12.1 Å². The van der Waals surface area contributed by atoms with Crippen LogP contribution in [0.4, 0.5) is 13.2 Å². The van der Waals surface area contributed by atoms with E-state index in [-0.39, 0.29) is 6.42 Å². The molecule has 0 heterocycles. The first-order valence-corrected chi connectivity index (χ1v) is 5.08. The Labute approximate surface area is 102 Å². The molecule has 1 aromatic rings. The molecule has 0 amide bonds. The van der Waals surface area contributed by atoms with E-state index in [1.165, 1.54) is 13.0 Å². The molecule has 3 nitrogen and oxygen atoms in total. The van der Waals surface area contributed by atoms with E-state index < -0.39 is 23.5 Å². The van der Waals surface area contributed by atoms with E-state index in [4.69, 9.17) is 5.11 Å². The first-order valence-electron chi connectivity index (χ1n) is 5.08. The zero-order valence-corrected chi connectivity index (χ0v) is 9.91. The maximum atomic E-state index is 12.0. The van der Waals surface area contributed by atoms with Gasteiger partial charge in [-0.1, -0.05) is 30.7 Å². The van der Waals surface area contributed by atoms with Gasteiger partial charge in [-0.25, -0.2) is 4.79 Å². The quantitative estimate of drug-likeness (QED) is 0.833. The minimum absolute atomic E-state index is 0.0787. The number of rotatable bonds is 2. The molecular formula is C12H13F3O3. The number of alkyl halides is 3. The molecule has 0 spiro atoms. The van der Waals surface area contributed by atoms with Crippen LogP contribution in [0.15, 0.2) is 24.3 Å². The van der Waals surface area contributed by atoms with Gasteiger partial charge in [-0.15, -0.1) is 0 Å². The van der Waals surface area contributed by atoms with Crippen molar-refractivity contribution in [1.82, 2.24) is 0 Å². The van der Waals surface area contributed by atoms with Crippen LogP contribution in [0.2, 0.25) is 0 Å². The molecule has 1 aromatic carbocycles. The SMILES string of the molecule is CCC(=O)C(=O)O.Cc1cccc(C(F)(F)F)c1.